The minimum absolute atomic E-state index is 0. The van der Waals surface area contributed by atoms with E-state index in [0.717, 1.165) is 57.8 Å². The van der Waals surface area contributed by atoms with Gasteiger partial charge in [-0.1, -0.05) is 60.2 Å². The predicted octanol–water partition coefficient (Wildman–Crippen LogP) is 8.91. The first kappa shape index (κ1) is 26.2. The van der Waals surface area contributed by atoms with Crippen LogP contribution in [0.5, 0.6) is 0 Å². The molecule has 0 saturated carbocycles. The molecule has 4 heteroatoms. The first-order valence-corrected chi connectivity index (χ1v) is 13.5. The fourth-order valence-corrected chi connectivity index (χ4v) is 5.45. The van der Waals surface area contributed by atoms with Gasteiger partial charge in [-0.05, 0) is 76.9 Å². The Morgan fingerprint density at radius 2 is 1.15 bits per heavy atom. The summed E-state index contributed by atoms with van der Waals surface area (Å²) >= 11 is 0. The van der Waals surface area contributed by atoms with E-state index in [2.05, 4.69) is 114 Å². The van der Waals surface area contributed by atoms with E-state index in [0.29, 0.717) is 0 Å². The Morgan fingerprint density at radius 3 is 1.88 bits per heavy atom. The summed E-state index contributed by atoms with van der Waals surface area (Å²) in [5.41, 5.74) is 9.56. The Labute approximate surface area is 249 Å². The molecule has 0 spiro atoms. The third-order valence-corrected chi connectivity index (χ3v) is 7.46. The summed E-state index contributed by atoms with van der Waals surface area (Å²) in [6.45, 7) is 0. The monoisotopic (exact) mass is 696 g/mol. The van der Waals surface area contributed by atoms with E-state index in [1.165, 1.54) is 29.4 Å². The first-order chi connectivity index (χ1) is 19.3. The zero-order valence-electron chi connectivity index (χ0n) is 22.0. The first-order valence-electron chi connectivity index (χ1n) is 13.5. The summed E-state index contributed by atoms with van der Waals surface area (Å²) in [4.78, 5) is 11.8. The standard InChI is InChI=1S/C36H27N3.Pt/c1-2-16-32(17-3-1)39(33-18-8-14-28(20-33)35-22-26-10-4-6-12-30(26)24-37-35)34-19-9-15-29(21-34)36-23-27-11-5-7-13-31(27)25-38-36;/h1-4,6,8-10,12,14-19,22-25H,5,7,11,13H2;/q-2;+2. The number of aryl methyl sites for hydroxylation is 2. The predicted molar refractivity (Wildman–Crippen MR) is 159 cm³/mol. The zero-order chi connectivity index (χ0) is 26.0. The minimum atomic E-state index is 0. The van der Waals surface area contributed by atoms with Crippen LogP contribution >= 0.6 is 0 Å². The Morgan fingerprint density at radius 1 is 0.550 bits per heavy atom. The molecule has 2 heterocycles. The number of benzene rings is 4. The summed E-state index contributed by atoms with van der Waals surface area (Å²) in [5.74, 6) is 0. The Hall–Kier alpha value is -4.07. The molecule has 0 atom stereocenters. The van der Waals surface area contributed by atoms with Crippen LogP contribution in [0, 0.1) is 12.1 Å². The van der Waals surface area contributed by atoms with Gasteiger partial charge in [0.25, 0.3) is 0 Å². The van der Waals surface area contributed by atoms with E-state index in [4.69, 9.17) is 9.97 Å². The fraction of sp³-hybridized carbons (Fsp3) is 0.111. The molecule has 40 heavy (non-hydrogen) atoms. The number of hydrogen-bond acceptors (Lipinski definition) is 3. The molecule has 3 nitrogen and oxygen atoms in total. The summed E-state index contributed by atoms with van der Waals surface area (Å²) in [6.07, 6.45) is 8.76. The van der Waals surface area contributed by atoms with Gasteiger partial charge in [0.15, 0.2) is 0 Å². The van der Waals surface area contributed by atoms with E-state index in [1.807, 2.05) is 18.3 Å². The topological polar surface area (TPSA) is 29.0 Å². The number of pyridine rings is 2. The smallest absolute Gasteiger partial charge is 0.346 e. The maximum Gasteiger partial charge on any atom is 2.00 e. The van der Waals surface area contributed by atoms with Gasteiger partial charge in [0.05, 0.1) is 0 Å². The maximum absolute atomic E-state index is 4.82. The number of aromatic nitrogens is 2. The van der Waals surface area contributed by atoms with Crippen LogP contribution in [-0.4, -0.2) is 9.97 Å². The molecule has 196 valence electrons. The van der Waals surface area contributed by atoms with Crippen LogP contribution in [0.3, 0.4) is 0 Å². The van der Waals surface area contributed by atoms with Gasteiger partial charge in [-0.25, -0.2) is 0 Å². The van der Waals surface area contributed by atoms with Gasteiger partial charge in [0, 0.05) is 18.1 Å². The Bertz CT molecular complexity index is 1780. The molecule has 0 saturated heterocycles. The van der Waals surface area contributed by atoms with Gasteiger partial charge < -0.3 is 14.9 Å². The molecular formula is C36H27N3Pt. The molecule has 1 aliphatic rings. The third-order valence-electron chi connectivity index (χ3n) is 7.46. The quantitative estimate of drug-likeness (QED) is 0.169. The van der Waals surface area contributed by atoms with Crippen LogP contribution in [-0.2, 0) is 33.9 Å². The number of nitrogens with zero attached hydrogens (tertiary/aromatic N) is 3. The second kappa shape index (κ2) is 11.6. The van der Waals surface area contributed by atoms with Gasteiger partial charge in [-0.3, -0.25) is 0 Å². The average Bonchev–Trinajstić information content (AvgIpc) is 3.01. The van der Waals surface area contributed by atoms with Gasteiger partial charge in [-0.15, -0.1) is 59.7 Å². The summed E-state index contributed by atoms with van der Waals surface area (Å²) in [6, 6.07) is 42.9. The molecule has 7 rings (SSSR count). The van der Waals surface area contributed by atoms with E-state index in [-0.39, 0.29) is 21.1 Å². The summed E-state index contributed by atoms with van der Waals surface area (Å²) in [7, 11) is 0. The number of fused-ring (bicyclic) bond motifs is 2. The molecule has 0 aliphatic heterocycles. The SMILES string of the molecule is [Pt+2].[c-]1c(-c2cc3c(cn2)CCCC3)cccc1N(c1[c-]c(-c2cc3ccccc3cn2)ccc1)c1ccccc1. The van der Waals surface area contributed by atoms with Crippen molar-refractivity contribution >= 4 is 27.8 Å². The summed E-state index contributed by atoms with van der Waals surface area (Å²) in [5, 5.41) is 2.30. The van der Waals surface area contributed by atoms with Gasteiger partial charge in [0.1, 0.15) is 0 Å². The molecule has 0 bridgehead atoms. The number of anilines is 3. The number of rotatable bonds is 5. The van der Waals surface area contributed by atoms with Crippen molar-refractivity contribution in [3.63, 3.8) is 0 Å². The van der Waals surface area contributed by atoms with Crippen molar-refractivity contribution in [1.29, 1.82) is 0 Å². The molecular weight excluding hydrogens is 669 g/mol. The van der Waals surface area contributed by atoms with Crippen LogP contribution < -0.4 is 4.90 Å². The molecule has 4 aromatic carbocycles. The Balaban J connectivity index is 0.00000289. The largest absolute Gasteiger partial charge is 2.00 e. The van der Waals surface area contributed by atoms with Gasteiger partial charge in [0.2, 0.25) is 0 Å². The molecule has 0 radical (unpaired) electrons. The van der Waals surface area contributed by atoms with Crippen LogP contribution in [0.15, 0.2) is 116 Å². The zero-order valence-corrected chi connectivity index (χ0v) is 24.2. The average molecular weight is 697 g/mol. The van der Waals surface area contributed by atoms with Crippen molar-refractivity contribution in [1.82, 2.24) is 9.97 Å². The molecule has 0 amide bonds. The van der Waals surface area contributed by atoms with Crippen LogP contribution in [0.4, 0.5) is 17.1 Å². The minimum Gasteiger partial charge on any atom is -0.346 e. The van der Waals surface area contributed by atoms with Crippen LogP contribution in [0.2, 0.25) is 0 Å². The molecule has 0 unspecified atom stereocenters. The van der Waals surface area contributed by atoms with Gasteiger partial charge >= 0.3 is 21.1 Å². The maximum atomic E-state index is 4.82. The van der Waals surface area contributed by atoms with Crippen LogP contribution in [0.1, 0.15) is 24.0 Å². The molecule has 0 fully saturated rings. The van der Waals surface area contributed by atoms with E-state index >= 15 is 0 Å². The van der Waals surface area contributed by atoms with E-state index < -0.39 is 0 Å². The van der Waals surface area contributed by atoms with Crippen molar-refractivity contribution in [2.75, 3.05) is 4.90 Å². The van der Waals surface area contributed by atoms with Crippen molar-refractivity contribution in [2.45, 2.75) is 25.7 Å². The van der Waals surface area contributed by atoms with Crippen LogP contribution in [0.25, 0.3) is 33.3 Å². The molecule has 2 aromatic heterocycles. The number of para-hydroxylation sites is 1. The molecule has 1 aliphatic carbocycles. The molecule has 6 aromatic rings. The van der Waals surface area contributed by atoms with Crippen molar-refractivity contribution < 1.29 is 21.1 Å². The van der Waals surface area contributed by atoms with Crippen molar-refractivity contribution in [2.24, 2.45) is 0 Å². The fourth-order valence-electron chi connectivity index (χ4n) is 5.45. The third kappa shape index (κ3) is 5.22. The second-order valence-corrected chi connectivity index (χ2v) is 10.0. The Kier molecular flexibility index (Phi) is 7.57. The van der Waals surface area contributed by atoms with Gasteiger partial charge in [-0.2, -0.15) is 0 Å². The normalized spacial score (nSPS) is 12.4. The van der Waals surface area contributed by atoms with E-state index in [1.54, 1.807) is 0 Å². The second-order valence-electron chi connectivity index (χ2n) is 10.0. The summed E-state index contributed by atoms with van der Waals surface area (Å²) < 4.78 is 0. The number of hydrogen-bond donors (Lipinski definition) is 0. The van der Waals surface area contributed by atoms with Crippen molar-refractivity contribution in [3.05, 3.63) is 139 Å². The van der Waals surface area contributed by atoms with E-state index in [9.17, 15) is 0 Å². The van der Waals surface area contributed by atoms with Crippen molar-refractivity contribution in [3.8, 4) is 22.5 Å². The molecule has 0 N–H and O–H groups in total.